The van der Waals surface area contributed by atoms with Crippen LogP contribution in [0.4, 0.5) is 4.79 Å². The highest BCUT2D eigenvalue weighted by molar-refractivity contribution is 6.32. The van der Waals surface area contributed by atoms with E-state index in [1.54, 1.807) is 7.11 Å². The Morgan fingerprint density at radius 3 is 2.94 bits per heavy atom. The van der Waals surface area contributed by atoms with Crippen molar-refractivity contribution in [2.75, 3.05) is 7.11 Å². The molecule has 5 atom stereocenters. The molecule has 0 bridgehead atoms. The highest BCUT2D eigenvalue weighted by Gasteiger charge is 2.56. The van der Waals surface area contributed by atoms with Crippen LogP contribution >= 0.6 is 11.6 Å². The summed E-state index contributed by atoms with van der Waals surface area (Å²) in [4.78, 5) is 22.8. The summed E-state index contributed by atoms with van der Waals surface area (Å²) in [7, 11) is 1.61. The van der Waals surface area contributed by atoms with Crippen molar-refractivity contribution in [1.82, 2.24) is 5.32 Å². The van der Waals surface area contributed by atoms with Crippen molar-refractivity contribution >= 4 is 24.0 Å². The van der Waals surface area contributed by atoms with Gasteiger partial charge in [-0.25, -0.2) is 4.79 Å². The molecule has 33 heavy (non-hydrogen) atoms. The van der Waals surface area contributed by atoms with E-state index in [-0.39, 0.29) is 35.9 Å². The fraction of sp³-hybridized carbons (Fsp3) is 0.538. The molecule has 6 nitrogen and oxygen atoms in total. The third kappa shape index (κ3) is 6.84. The van der Waals surface area contributed by atoms with E-state index in [9.17, 15) is 9.59 Å². The van der Waals surface area contributed by atoms with E-state index in [2.05, 4.69) is 31.3 Å². The lowest BCUT2D eigenvalue weighted by atomic mass is 9.86. The van der Waals surface area contributed by atoms with Gasteiger partial charge in [0.2, 0.25) is 0 Å². The van der Waals surface area contributed by atoms with Crippen LogP contribution in [0, 0.1) is 5.92 Å². The number of halogens is 1. The van der Waals surface area contributed by atoms with E-state index in [0.717, 1.165) is 31.1 Å². The summed E-state index contributed by atoms with van der Waals surface area (Å²) in [5.41, 5.74) is 2.05. The molecule has 2 fully saturated rings. The van der Waals surface area contributed by atoms with Crippen LogP contribution < -0.4 is 10.1 Å². The number of hydrogen-bond donors (Lipinski definition) is 1. The predicted octanol–water partition coefficient (Wildman–Crippen LogP) is 5.42. The van der Waals surface area contributed by atoms with Gasteiger partial charge >= 0.3 is 6.09 Å². The number of nitrogens with one attached hydrogen (secondary N) is 1. The number of aldehydes is 1. The maximum Gasteiger partial charge on any atom is 0.407 e. The number of alkyl carbamates (subject to hydrolysis) is 1. The first-order chi connectivity index (χ1) is 15.8. The fourth-order valence-corrected chi connectivity index (χ4v) is 4.73. The van der Waals surface area contributed by atoms with Gasteiger partial charge in [-0.1, -0.05) is 48.4 Å². The van der Waals surface area contributed by atoms with Crippen molar-refractivity contribution in [2.24, 2.45) is 5.92 Å². The normalized spacial score (nSPS) is 28.2. The number of allylic oxidation sites excluding steroid dienone is 3. The first-order valence-corrected chi connectivity index (χ1v) is 11.9. The highest BCUT2D eigenvalue weighted by Crippen LogP contribution is 2.46. The second kappa shape index (κ2) is 11.2. The lowest BCUT2D eigenvalue weighted by Gasteiger charge is -2.33. The first kappa shape index (κ1) is 25.3. The molecule has 2 heterocycles. The van der Waals surface area contributed by atoms with Crippen LogP contribution in [-0.2, 0) is 20.7 Å². The molecule has 180 valence electrons. The van der Waals surface area contributed by atoms with Gasteiger partial charge in [-0.05, 0) is 50.8 Å². The van der Waals surface area contributed by atoms with Crippen molar-refractivity contribution in [3.63, 3.8) is 0 Å². The monoisotopic (exact) mass is 475 g/mol. The zero-order valence-electron chi connectivity index (χ0n) is 19.8. The minimum Gasteiger partial charge on any atom is -0.495 e. The van der Waals surface area contributed by atoms with Crippen molar-refractivity contribution < 1.29 is 23.8 Å². The summed E-state index contributed by atoms with van der Waals surface area (Å²) < 4.78 is 16.7. The first-order valence-electron chi connectivity index (χ1n) is 11.5. The molecule has 0 spiro atoms. The number of hydrogen-bond acceptors (Lipinski definition) is 5. The molecule has 1 amide bonds. The minimum atomic E-state index is -0.379. The van der Waals surface area contributed by atoms with Crippen LogP contribution in [0.3, 0.4) is 0 Å². The van der Waals surface area contributed by atoms with Gasteiger partial charge in [0.25, 0.3) is 0 Å². The fourth-order valence-electron chi connectivity index (χ4n) is 4.53. The molecule has 0 aliphatic carbocycles. The van der Waals surface area contributed by atoms with Crippen molar-refractivity contribution in [2.45, 2.75) is 76.7 Å². The van der Waals surface area contributed by atoms with Gasteiger partial charge in [0.05, 0.1) is 23.8 Å². The summed E-state index contributed by atoms with van der Waals surface area (Å²) in [5, 5.41) is 3.52. The van der Waals surface area contributed by atoms with Crippen molar-refractivity contribution in [1.29, 1.82) is 0 Å². The van der Waals surface area contributed by atoms with Gasteiger partial charge < -0.3 is 24.3 Å². The highest BCUT2D eigenvalue weighted by atomic mass is 35.5. The van der Waals surface area contributed by atoms with E-state index in [1.807, 2.05) is 31.2 Å². The standard InChI is InChI=1S/C26H34ClNO5/c1-17(14-19-10-11-21(27)23(15-19)31-4)8-5-6-9-20-16-22(32-25(30)28-20)18(2)24-26(3,33-24)12-7-13-29/h5-6,8,10-11,13,15,18,20,22,24H,7,9,12,14,16H2,1-4H3,(H,28,30)/b6-5+,17-8+/t18-,20?,22?,24+,26+/m1/s1. The molecule has 2 saturated heterocycles. The lowest BCUT2D eigenvalue weighted by molar-refractivity contribution is -0.108. The zero-order valence-corrected chi connectivity index (χ0v) is 20.6. The van der Waals surface area contributed by atoms with Crippen LogP contribution in [0.5, 0.6) is 5.75 Å². The van der Waals surface area contributed by atoms with Gasteiger partial charge in [0.15, 0.2) is 0 Å². The number of rotatable bonds is 11. The predicted molar refractivity (Wildman–Crippen MR) is 129 cm³/mol. The average molecular weight is 476 g/mol. The Morgan fingerprint density at radius 2 is 2.21 bits per heavy atom. The summed E-state index contributed by atoms with van der Waals surface area (Å²) >= 11 is 6.09. The van der Waals surface area contributed by atoms with E-state index >= 15 is 0 Å². The van der Waals surface area contributed by atoms with E-state index < -0.39 is 0 Å². The van der Waals surface area contributed by atoms with Gasteiger partial charge in [0, 0.05) is 24.8 Å². The molecule has 1 N–H and O–H groups in total. The SMILES string of the molecule is COc1cc(C/C(C)=C/C=C/CC2CC([C@@H](C)[C@@H]3O[C@@]3(C)CCC=O)OC(=O)N2)ccc1Cl. The Kier molecular flexibility index (Phi) is 8.60. The molecule has 1 aromatic rings. The van der Waals surface area contributed by atoms with Gasteiger partial charge in [-0.3, -0.25) is 0 Å². The van der Waals surface area contributed by atoms with E-state index in [4.69, 9.17) is 25.8 Å². The number of amides is 1. The molecule has 3 rings (SSSR count). The molecule has 7 heteroatoms. The minimum absolute atomic E-state index is 0.0154. The number of methoxy groups -OCH3 is 1. The van der Waals surface area contributed by atoms with Gasteiger partial charge in [-0.15, -0.1) is 0 Å². The molecule has 1 aromatic carbocycles. The van der Waals surface area contributed by atoms with Crippen molar-refractivity contribution in [3.05, 3.63) is 52.6 Å². The zero-order chi connectivity index (χ0) is 24.0. The molecule has 0 aromatic heterocycles. The Morgan fingerprint density at radius 1 is 1.42 bits per heavy atom. The number of benzene rings is 1. The molecular weight excluding hydrogens is 442 g/mol. The van der Waals surface area contributed by atoms with Crippen LogP contribution in [0.2, 0.25) is 5.02 Å². The molecule has 2 aliphatic rings. The largest absolute Gasteiger partial charge is 0.495 e. The topological polar surface area (TPSA) is 77.2 Å². The summed E-state index contributed by atoms with van der Waals surface area (Å²) in [6, 6.07) is 5.82. The van der Waals surface area contributed by atoms with Crippen LogP contribution in [-0.4, -0.2) is 43.3 Å². The quantitative estimate of drug-likeness (QED) is 0.262. The van der Waals surface area contributed by atoms with E-state index in [0.29, 0.717) is 23.6 Å². The smallest absolute Gasteiger partial charge is 0.407 e. The Hall–Kier alpha value is -2.31. The van der Waals surface area contributed by atoms with Crippen molar-refractivity contribution in [3.8, 4) is 5.75 Å². The summed E-state index contributed by atoms with van der Waals surface area (Å²) in [6.07, 6.45) is 9.99. The van der Waals surface area contributed by atoms with Gasteiger partial charge in [0.1, 0.15) is 18.1 Å². The number of carbonyl (C=O) groups excluding carboxylic acids is 2. The molecular formula is C26H34ClNO5. The number of carbonyl (C=O) groups is 2. The Bertz CT molecular complexity index is 914. The summed E-state index contributed by atoms with van der Waals surface area (Å²) in [5.74, 6) is 0.759. The second-order valence-corrected chi connectivity index (χ2v) is 9.67. The summed E-state index contributed by atoms with van der Waals surface area (Å²) in [6.45, 7) is 6.16. The molecule has 0 saturated carbocycles. The lowest BCUT2D eigenvalue weighted by Crippen LogP contribution is -2.48. The Labute approximate surface area is 201 Å². The number of cyclic esters (lactones) is 1. The maximum absolute atomic E-state index is 12.1. The van der Waals surface area contributed by atoms with Crippen LogP contribution in [0.15, 0.2) is 42.0 Å². The molecule has 0 radical (unpaired) electrons. The second-order valence-electron chi connectivity index (χ2n) is 9.26. The average Bonchev–Trinajstić information content (AvgIpc) is 3.47. The maximum atomic E-state index is 12.1. The van der Waals surface area contributed by atoms with Crippen LogP contribution in [0.1, 0.15) is 52.0 Å². The third-order valence-electron chi connectivity index (χ3n) is 6.50. The van der Waals surface area contributed by atoms with Crippen LogP contribution in [0.25, 0.3) is 0 Å². The molecule has 2 unspecified atom stereocenters. The third-order valence-corrected chi connectivity index (χ3v) is 6.81. The van der Waals surface area contributed by atoms with Gasteiger partial charge in [-0.2, -0.15) is 0 Å². The Balaban J connectivity index is 1.50. The van der Waals surface area contributed by atoms with E-state index in [1.165, 1.54) is 5.57 Å². The number of epoxide rings is 1. The number of ether oxygens (including phenoxy) is 3. The molecule has 2 aliphatic heterocycles.